The summed E-state index contributed by atoms with van der Waals surface area (Å²) >= 11 is 3.45. The Kier molecular flexibility index (Phi) is 6.21. The van der Waals surface area contributed by atoms with E-state index in [0.29, 0.717) is 11.7 Å². The van der Waals surface area contributed by atoms with Crippen LogP contribution < -0.4 is 5.32 Å². The van der Waals surface area contributed by atoms with Gasteiger partial charge in [-0.2, -0.15) is 0 Å². The number of hydrogen-bond donors (Lipinski definition) is 3. The number of benzene rings is 1. The maximum absolute atomic E-state index is 11.0. The number of rotatable bonds is 7. The summed E-state index contributed by atoms with van der Waals surface area (Å²) < 4.78 is 0.983. The van der Waals surface area contributed by atoms with Gasteiger partial charge < -0.3 is 15.4 Å². The summed E-state index contributed by atoms with van der Waals surface area (Å²) in [5.74, 6) is 1.26. The van der Waals surface area contributed by atoms with Gasteiger partial charge in [0.2, 0.25) is 0 Å². The lowest BCUT2D eigenvalue weighted by atomic mass is 10.0. The van der Waals surface area contributed by atoms with Gasteiger partial charge in [-0.25, -0.2) is 9.78 Å². The monoisotopic (exact) mass is 379 g/mol. The number of carbonyl (C=O) groups is 1. The molecule has 0 aliphatic carbocycles. The zero-order valence-electron chi connectivity index (χ0n) is 13.3. The van der Waals surface area contributed by atoms with Crippen LogP contribution in [0.15, 0.2) is 34.9 Å². The molecule has 0 unspecified atom stereocenters. The van der Waals surface area contributed by atoms with Crippen LogP contribution >= 0.6 is 15.9 Å². The van der Waals surface area contributed by atoms with Crippen LogP contribution in [-0.2, 0) is 0 Å². The average Bonchev–Trinajstić information content (AvgIpc) is 2.95. The molecule has 0 aliphatic heterocycles. The Labute approximate surface area is 144 Å². The zero-order valence-corrected chi connectivity index (χ0v) is 14.9. The van der Waals surface area contributed by atoms with E-state index in [9.17, 15) is 4.79 Å². The number of nitrogens with zero attached hydrogens (tertiary/aromatic N) is 1. The molecule has 1 heterocycles. The molecule has 0 saturated carbocycles. The van der Waals surface area contributed by atoms with Crippen molar-refractivity contribution in [3.8, 4) is 11.3 Å². The van der Waals surface area contributed by atoms with E-state index in [1.807, 2.05) is 30.5 Å². The quantitative estimate of drug-likeness (QED) is 0.634. The molecule has 1 amide bonds. The molecule has 3 N–H and O–H groups in total. The van der Waals surface area contributed by atoms with Crippen LogP contribution in [0.2, 0.25) is 0 Å². The molecule has 0 spiro atoms. The fourth-order valence-corrected chi connectivity index (χ4v) is 2.87. The zero-order chi connectivity index (χ0) is 16.8. The molecule has 1 atom stereocenters. The number of aromatic amines is 1. The molecule has 6 heteroatoms. The molecule has 124 valence electrons. The Morgan fingerprint density at radius 1 is 1.39 bits per heavy atom. The van der Waals surface area contributed by atoms with Crippen molar-refractivity contribution < 1.29 is 9.90 Å². The number of nitrogens with one attached hydrogen (secondary N) is 2. The summed E-state index contributed by atoms with van der Waals surface area (Å²) in [5, 5.41) is 11.6. The van der Waals surface area contributed by atoms with Gasteiger partial charge in [0.05, 0.1) is 11.7 Å². The smallest absolute Gasteiger partial charge is 0.405 e. The van der Waals surface area contributed by atoms with Crippen LogP contribution in [-0.4, -0.2) is 21.2 Å². The minimum absolute atomic E-state index is 0.313. The van der Waals surface area contributed by atoms with Gasteiger partial charge in [-0.15, -0.1) is 0 Å². The number of H-pyrrole nitrogens is 1. The van der Waals surface area contributed by atoms with Crippen molar-refractivity contribution in [2.24, 2.45) is 5.92 Å². The van der Waals surface area contributed by atoms with Gasteiger partial charge in [-0.1, -0.05) is 54.8 Å². The summed E-state index contributed by atoms with van der Waals surface area (Å²) in [7, 11) is 0. The fraction of sp³-hybridized carbons (Fsp3) is 0.412. The highest BCUT2D eigenvalue weighted by atomic mass is 79.9. The Morgan fingerprint density at radius 3 is 2.83 bits per heavy atom. The summed E-state index contributed by atoms with van der Waals surface area (Å²) in [6, 6.07) is 7.55. The second kappa shape index (κ2) is 8.15. The Hall–Kier alpha value is -1.82. The van der Waals surface area contributed by atoms with Gasteiger partial charge >= 0.3 is 6.09 Å². The van der Waals surface area contributed by atoms with Crippen molar-refractivity contribution in [3.05, 3.63) is 40.8 Å². The third-order valence-electron chi connectivity index (χ3n) is 3.62. The van der Waals surface area contributed by atoms with Crippen molar-refractivity contribution >= 4 is 22.0 Å². The van der Waals surface area contributed by atoms with Gasteiger partial charge in [0.25, 0.3) is 0 Å². The Morgan fingerprint density at radius 2 is 2.17 bits per heavy atom. The van der Waals surface area contributed by atoms with E-state index >= 15 is 0 Å². The first-order valence-corrected chi connectivity index (χ1v) is 8.55. The SMILES string of the molecule is CC(C)CCC[C@@H](NC(=O)O)c1nc(-c2cccc(Br)c2)c[nH]1. The van der Waals surface area contributed by atoms with E-state index in [2.05, 4.69) is 45.1 Å². The van der Waals surface area contributed by atoms with Crippen molar-refractivity contribution in [3.63, 3.8) is 0 Å². The second-order valence-corrected chi connectivity index (χ2v) is 6.92. The maximum Gasteiger partial charge on any atom is 0.405 e. The van der Waals surface area contributed by atoms with Gasteiger partial charge in [0.15, 0.2) is 0 Å². The van der Waals surface area contributed by atoms with Crippen molar-refractivity contribution in [2.45, 2.75) is 39.2 Å². The van der Waals surface area contributed by atoms with Crippen LogP contribution in [0, 0.1) is 5.92 Å². The largest absolute Gasteiger partial charge is 0.465 e. The fourth-order valence-electron chi connectivity index (χ4n) is 2.47. The van der Waals surface area contributed by atoms with Crippen molar-refractivity contribution in [2.75, 3.05) is 0 Å². The average molecular weight is 380 g/mol. The van der Waals surface area contributed by atoms with E-state index in [1.54, 1.807) is 0 Å². The summed E-state index contributed by atoms with van der Waals surface area (Å²) in [5.41, 5.74) is 1.79. The number of amides is 1. The highest BCUT2D eigenvalue weighted by molar-refractivity contribution is 9.10. The third kappa shape index (κ3) is 5.39. The van der Waals surface area contributed by atoms with Crippen molar-refractivity contribution in [1.82, 2.24) is 15.3 Å². The van der Waals surface area contributed by atoms with Gasteiger partial charge in [0, 0.05) is 16.2 Å². The number of aromatic nitrogens is 2. The van der Waals surface area contributed by atoms with E-state index in [-0.39, 0.29) is 6.04 Å². The molecule has 0 saturated heterocycles. The Balaban J connectivity index is 2.14. The number of hydrogen-bond acceptors (Lipinski definition) is 2. The maximum atomic E-state index is 11.0. The van der Waals surface area contributed by atoms with E-state index < -0.39 is 6.09 Å². The van der Waals surface area contributed by atoms with Gasteiger partial charge in [-0.3, -0.25) is 0 Å². The first-order chi connectivity index (χ1) is 11.0. The van der Waals surface area contributed by atoms with Crippen LogP contribution in [0.25, 0.3) is 11.3 Å². The number of halogens is 1. The van der Waals surface area contributed by atoms with Gasteiger partial charge in [0.1, 0.15) is 5.82 Å². The minimum Gasteiger partial charge on any atom is -0.465 e. The lowest BCUT2D eigenvalue weighted by molar-refractivity contribution is 0.188. The molecule has 1 aromatic carbocycles. The second-order valence-electron chi connectivity index (χ2n) is 6.01. The number of imidazole rings is 1. The van der Waals surface area contributed by atoms with Crippen LogP contribution in [0.3, 0.4) is 0 Å². The minimum atomic E-state index is -1.03. The first kappa shape index (κ1) is 17.5. The molecular weight excluding hydrogens is 358 g/mol. The molecule has 0 radical (unpaired) electrons. The molecular formula is C17H22BrN3O2. The molecule has 0 aliphatic rings. The lowest BCUT2D eigenvalue weighted by Crippen LogP contribution is -2.27. The number of carboxylic acid groups (broad SMARTS) is 1. The normalized spacial score (nSPS) is 12.3. The topological polar surface area (TPSA) is 78.0 Å². The van der Waals surface area contributed by atoms with Crippen LogP contribution in [0.5, 0.6) is 0 Å². The highest BCUT2D eigenvalue weighted by Crippen LogP contribution is 2.24. The highest BCUT2D eigenvalue weighted by Gasteiger charge is 2.18. The summed E-state index contributed by atoms with van der Waals surface area (Å²) in [4.78, 5) is 18.7. The van der Waals surface area contributed by atoms with Gasteiger partial charge in [-0.05, 0) is 24.5 Å². The molecule has 5 nitrogen and oxygen atoms in total. The summed E-state index contributed by atoms with van der Waals surface area (Å²) in [6.45, 7) is 4.33. The van der Waals surface area contributed by atoms with E-state index in [0.717, 1.165) is 35.0 Å². The molecule has 23 heavy (non-hydrogen) atoms. The molecule has 0 fully saturated rings. The van der Waals surface area contributed by atoms with Crippen LogP contribution in [0.4, 0.5) is 4.79 Å². The van der Waals surface area contributed by atoms with E-state index in [1.165, 1.54) is 0 Å². The first-order valence-electron chi connectivity index (χ1n) is 7.76. The predicted molar refractivity (Wildman–Crippen MR) is 94.3 cm³/mol. The predicted octanol–water partition coefficient (Wildman–Crippen LogP) is 4.97. The standard InChI is InChI=1S/C17H22BrN3O2/c1-11(2)5-3-8-14(21-17(22)23)16-19-10-15(20-16)12-6-4-7-13(18)9-12/h4,6-7,9-11,14,21H,3,5,8H2,1-2H3,(H,19,20)(H,22,23)/t14-/m1/s1. The third-order valence-corrected chi connectivity index (χ3v) is 4.11. The lowest BCUT2D eigenvalue weighted by Gasteiger charge is -2.15. The molecule has 2 aromatic rings. The summed E-state index contributed by atoms with van der Waals surface area (Å²) in [6.07, 6.45) is 3.54. The Bertz CT molecular complexity index is 655. The molecule has 0 bridgehead atoms. The van der Waals surface area contributed by atoms with Crippen LogP contribution in [0.1, 0.15) is 45.0 Å². The van der Waals surface area contributed by atoms with E-state index in [4.69, 9.17) is 5.11 Å². The van der Waals surface area contributed by atoms with Crippen molar-refractivity contribution in [1.29, 1.82) is 0 Å². The molecule has 1 aromatic heterocycles. The molecule has 2 rings (SSSR count).